The molecule has 308 valence electrons. The van der Waals surface area contributed by atoms with Gasteiger partial charge in [-0.05, 0) is 52.7 Å². The second-order valence-corrected chi connectivity index (χ2v) is 12.5. The highest BCUT2D eigenvalue weighted by molar-refractivity contribution is 5.90. The van der Waals surface area contributed by atoms with Crippen molar-refractivity contribution in [3.63, 3.8) is 0 Å². The van der Waals surface area contributed by atoms with Crippen LogP contribution in [-0.4, -0.2) is 83.9 Å². The van der Waals surface area contributed by atoms with Crippen molar-refractivity contribution < 1.29 is 38.2 Å². The maximum absolute atomic E-state index is 12.9. The van der Waals surface area contributed by atoms with Gasteiger partial charge in [0.05, 0.1) is 43.9 Å². The van der Waals surface area contributed by atoms with E-state index in [1.165, 1.54) is 0 Å². The van der Waals surface area contributed by atoms with Crippen molar-refractivity contribution in [3.05, 3.63) is 71.8 Å². The molecule has 7 N–H and O–H groups in total. The average molecular weight is 764 g/mol. The van der Waals surface area contributed by atoms with Gasteiger partial charge < -0.3 is 30.6 Å². The number of nitrogens with two attached hydrogens (primary N) is 2. The normalized spacial score (nSPS) is 10.6. The first-order valence-corrected chi connectivity index (χ1v) is 18.3. The average Bonchev–Trinajstić information content (AvgIpc) is 3.15. The Morgan fingerprint density at radius 2 is 1.26 bits per heavy atom. The molecule has 0 aliphatic heterocycles. The largest absolute Gasteiger partial charge is 0.461 e. The molecule has 0 radical (unpaired) electrons. The number of esters is 1. The summed E-state index contributed by atoms with van der Waals surface area (Å²) in [6.45, 7) is 22.5. The number of urea groups is 2. The van der Waals surface area contributed by atoms with Crippen LogP contribution >= 0.6 is 0 Å². The van der Waals surface area contributed by atoms with E-state index in [-0.39, 0.29) is 38.3 Å². The van der Waals surface area contributed by atoms with Crippen LogP contribution in [0.5, 0.6) is 0 Å². The summed E-state index contributed by atoms with van der Waals surface area (Å²) >= 11 is 0. The van der Waals surface area contributed by atoms with Gasteiger partial charge in [-0.1, -0.05) is 102 Å². The van der Waals surface area contributed by atoms with Crippen molar-refractivity contribution in [1.29, 1.82) is 0 Å². The zero-order chi connectivity index (χ0) is 42.3. The fourth-order valence-electron chi connectivity index (χ4n) is 3.32. The van der Waals surface area contributed by atoms with E-state index in [0.717, 1.165) is 21.1 Å². The SMILES string of the molecule is CC.CC.CC.CC(C)(C)OC[C@H](NC(=O)N(N)Cc1ccccc1)C(=O)NCC(=O)NN(CCC(=O)OCc1ccccc1)C(N)=O.COC(C)(C)C. The Kier molecular flexibility index (Phi) is 30.5. The minimum Gasteiger partial charge on any atom is -0.461 e. The van der Waals surface area contributed by atoms with E-state index in [0.29, 0.717) is 0 Å². The summed E-state index contributed by atoms with van der Waals surface area (Å²) in [6.07, 6.45) is -0.237. The van der Waals surface area contributed by atoms with Crippen molar-refractivity contribution >= 4 is 29.8 Å². The molecule has 0 saturated heterocycles. The van der Waals surface area contributed by atoms with Crippen LogP contribution in [0.15, 0.2) is 60.7 Å². The highest BCUT2D eigenvalue weighted by Gasteiger charge is 2.26. The lowest BCUT2D eigenvalue weighted by atomic mass is 10.2. The van der Waals surface area contributed by atoms with Gasteiger partial charge in [0.1, 0.15) is 12.6 Å². The topological polar surface area (TPSA) is 208 Å². The van der Waals surface area contributed by atoms with Gasteiger partial charge in [-0.15, -0.1) is 0 Å². The monoisotopic (exact) mass is 764 g/mol. The number of hydrogen-bond acceptors (Lipinski definition) is 9. The number of benzene rings is 2. The van der Waals surface area contributed by atoms with E-state index in [1.54, 1.807) is 76.4 Å². The first-order chi connectivity index (χ1) is 25.4. The van der Waals surface area contributed by atoms with Crippen molar-refractivity contribution in [2.24, 2.45) is 11.6 Å². The summed E-state index contributed by atoms with van der Waals surface area (Å²) in [5.74, 6) is 3.75. The molecule has 2 aromatic rings. The van der Waals surface area contributed by atoms with Crippen molar-refractivity contribution in [2.75, 3.05) is 26.8 Å². The Morgan fingerprint density at radius 1 is 0.778 bits per heavy atom. The number of hydrogen-bond donors (Lipinski definition) is 5. The number of nitrogens with zero attached hydrogens (tertiary/aromatic N) is 2. The lowest BCUT2D eigenvalue weighted by Gasteiger charge is -2.26. The summed E-state index contributed by atoms with van der Waals surface area (Å²) in [7, 11) is 1.71. The Balaban J connectivity index is -0.00000191. The van der Waals surface area contributed by atoms with E-state index < -0.39 is 48.0 Å². The predicted molar refractivity (Wildman–Crippen MR) is 213 cm³/mol. The standard InChI is InChI=1S/C28H39N7O7.C5H12O.3C2H6/c1-28(2,3)42-19-22(32-27(40)34(30)17-20-10-6-4-7-11-20)25(38)31-16-23(36)33-35(26(29)39)15-14-24(37)41-18-21-12-8-5-9-13-21;1-5(2,3)6-4;3*1-2/h4-13,22H,14-19,30H2,1-3H3,(H2,29,39)(H,31,38)(H,32,40)(H,33,36);1-4H3;3*1-2H3/t22-;;;;/m0..../s1. The molecule has 2 rings (SSSR count). The summed E-state index contributed by atoms with van der Waals surface area (Å²) < 4.78 is 15.8. The Labute approximate surface area is 323 Å². The van der Waals surface area contributed by atoms with E-state index in [4.69, 9.17) is 25.8 Å². The van der Waals surface area contributed by atoms with Gasteiger partial charge >= 0.3 is 18.0 Å². The third kappa shape index (κ3) is 28.8. The Hall–Kier alpha value is -4.73. The third-order valence-electron chi connectivity index (χ3n) is 6.10. The predicted octanol–water partition coefficient (Wildman–Crippen LogP) is 5.43. The molecular formula is C39H69N7O8. The zero-order valence-electron chi connectivity index (χ0n) is 34.9. The number of hydrazine groups is 2. The summed E-state index contributed by atoms with van der Waals surface area (Å²) in [6, 6.07) is 15.1. The van der Waals surface area contributed by atoms with Gasteiger partial charge in [0, 0.05) is 7.11 Å². The second kappa shape index (κ2) is 30.7. The quantitative estimate of drug-likeness (QED) is 0.0762. The van der Waals surface area contributed by atoms with Crippen LogP contribution in [0.2, 0.25) is 0 Å². The van der Waals surface area contributed by atoms with Crippen molar-refractivity contribution in [1.82, 2.24) is 26.1 Å². The molecule has 0 aromatic heterocycles. The zero-order valence-corrected chi connectivity index (χ0v) is 34.9. The van der Waals surface area contributed by atoms with Gasteiger partial charge in [-0.25, -0.2) is 20.4 Å². The number of rotatable bonds is 13. The van der Waals surface area contributed by atoms with Crippen LogP contribution in [0.1, 0.15) is 101 Å². The van der Waals surface area contributed by atoms with E-state index >= 15 is 0 Å². The van der Waals surface area contributed by atoms with Gasteiger partial charge in [0.25, 0.3) is 5.91 Å². The molecule has 15 nitrogen and oxygen atoms in total. The maximum Gasteiger partial charge on any atom is 0.333 e. The molecule has 0 fully saturated rings. The van der Waals surface area contributed by atoms with Crippen molar-refractivity contribution in [2.45, 2.75) is 120 Å². The lowest BCUT2D eigenvalue weighted by Crippen LogP contribution is -2.57. The van der Waals surface area contributed by atoms with E-state index in [2.05, 4.69) is 16.1 Å². The lowest BCUT2D eigenvalue weighted by molar-refractivity contribution is -0.145. The first-order valence-electron chi connectivity index (χ1n) is 18.3. The molecule has 0 spiro atoms. The molecule has 15 heteroatoms. The molecule has 0 saturated carbocycles. The number of nitrogens with one attached hydrogen (secondary N) is 3. The van der Waals surface area contributed by atoms with Crippen LogP contribution in [-0.2, 0) is 41.7 Å². The Morgan fingerprint density at radius 3 is 1.70 bits per heavy atom. The Bertz CT molecular complexity index is 1300. The summed E-state index contributed by atoms with van der Waals surface area (Å²) in [5, 5.41) is 6.53. The molecule has 2 aromatic carbocycles. The van der Waals surface area contributed by atoms with Crippen LogP contribution in [0.4, 0.5) is 9.59 Å². The molecular weight excluding hydrogens is 694 g/mol. The second-order valence-electron chi connectivity index (χ2n) is 12.5. The first kappa shape index (κ1) is 53.6. The molecule has 0 bridgehead atoms. The van der Waals surface area contributed by atoms with Crippen molar-refractivity contribution in [3.8, 4) is 0 Å². The van der Waals surface area contributed by atoms with Gasteiger partial charge in [0.2, 0.25) is 5.91 Å². The van der Waals surface area contributed by atoms with Gasteiger partial charge in [0.15, 0.2) is 0 Å². The molecule has 6 amide bonds. The number of primary amides is 1. The number of carbonyl (C=O) groups excluding carboxylic acids is 5. The van der Waals surface area contributed by atoms with Gasteiger partial charge in [-0.3, -0.25) is 24.8 Å². The molecule has 0 aliphatic carbocycles. The number of ether oxygens (including phenoxy) is 3. The molecule has 1 atom stereocenters. The van der Waals surface area contributed by atoms with E-state index in [9.17, 15) is 24.0 Å². The molecule has 0 unspecified atom stereocenters. The summed E-state index contributed by atoms with van der Waals surface area (Å²) in [4.78, 5) is 61.9. The van der Waals surface area contributed by atoms with Crippen LogP contribution < -0.4 is 27.6 Å². The minimum atomic E-state index is -1.20. The molecule has 54 heavy (non-hydrogen) atoms. The van der Waals surface area contributed by atoms with Crippen LogP contribution in [0.25, 0.3) is 0 Å². The highest BCUT2D eigenvalue weighted by Crippen LogP contribution is 2.08. The van der Waals surface area contributed by atoms with E-state index in [1.807, 2.05) is 74.4 Å². The number of methoxy groups -OCH3 is 1. The smallest absolute Gasteiger partial charge is 0.333 e. The summed E-state index contributed by atoms with van der Waals surface area (Å²) in [5.41, 5.74) is 8.53. The molecule has 0 heterocycles. The number of carbonyl (C=O) groups is 5. The minimum absolute atomic E-state index is 0.0417. The highest BCUT2D eigenvalue weighted by atomic mass is 16.5. The fraction of sp³-hybridized carbons (Fsp3) is 0.564. The van der Waals surface area contributed by atoms with Gasteiger partial charge in [-0.2, -0.15) is 0 Å². The fourth-order valence-corrected chi connectivity index (χ4v) is 3.32. The van der Waals surface area contributed by atoms with Crippen LogP contribution in [0.3, 0.4) is 0 Å². The number of amides is 6. The van der Waals surface area contributed by atoms with Crippen LogP contribution in [0, 0.1) is 0 Å². The molecule has 0 aliphatic rings. The maximum atomic E-state index is 12.9. The third-order valence-corrected chi connectivity index (χ3v) is 6.10.